The van der Waals surface area contributed by atoms with E-state index in [0.29, 0.717) is 17.5 Å². The molecule has 1 saturated carbocycles. The SMILES string of the molecule is C=CCN(Cc1cc(F)ccc1C(O)C1CCC1)S(=O)(=O)C1=C([N+](=O)[O-])C(C)CC=C1. The molecular formula is C22H27FN2O5S. The molecule has 2 atom stereocenters. The van der Waals surface area contributed by atoms with Crippen LogP contribution in [0.4, 0.5) is 4.39 Å². The third kappa shape index (κ3) is 4.78. The molecule has 2 aliphatic rings. The third-order valence-electron chi connectivity index (χ3n) is 5.99. The molecule has 1 aromatic rings. The zero-order valence-corrected chi connectivity index (χ0v) is 18.2. The van der Waals surface area contributed by atoms with Crippen LogP contribution in [0.1, 0.15) is 49.8 Å². The molecule has 7 nitrogen and oxygen atoms in total. The average Bonchev–Trinajstić information content (AvgIpc) is 2.65. The number of hydrogen-bond donors (Lipinski definition) is 1. The van der Waals surface area contributed by atoms with Crippen LogP contribution in [0.2, 0.25) is 0 Å². The van der Waals surface area contributed by atoms with Gasteiger partial charge >= 0.3 is 0 Å². The molecule has 0 amide bonds. The second kappa shape index (κ2) is 9.42. The fraction of sp³-hybridized carbons (Fsp3) is 0.455. The highest BCUT2D eigenvalue weighted by atomic mass is 32.2. The van der Waals surface area contributed by atoms with E-state index in [4.69, 9.17) is 0 Å². The van der Waals surface area contributed by atoms with Crippen molar-refractivity contribution in [1.82, 2.24) is 4.31 Å². The Labute approximate surface area is 181 Å². The lowest BCUT2D eigenvalue weighted by atomic mass is 9.78. The molecular weight excluding hydrogens is 423 g/mol. The summed E-state index contributed by atoms with van der Waals surface area (Å²) in [5.74, 6) is -1.05. The van der Waals surface area contributed by atoms with Crippen molar-refractivity contribution in [3.8, 4) is 0 Å². The van der Waals surface area contributed by atoms with Crippen molar-refractivity contribution in [3.63, 3.8) is 0 Å². The Morgan fingerprint density at radius 3 is 2.71 bits per heavy atom. The first-order chi connectivity index (χ1) is 14.7. The zero-order valence-electron chi connectivity index (χ0n) is 17.4. The lowest BCUT2D eigenvalue weighted by Gasteiger charge is -2.32. The summed E-state index contributed by atoms with van der Waals surface area (Å²) in [4.78, 5) is 10.6. The molecule has 1 aromatic carbocycles. The largest absolute Gasteiger partial charge is 0.388 e. The van der Waals surface area contributed by atoms with Crippen molar-refractivity contribution in [3.05, 3.63) is 80.7 Å². The van der Waals surface area contributed by atoms with Crippen molar-refractivity contribution in [2.45, 2.75) is 45.3 Å². The van der Waals surface area contributed by atoms with Crippen LogP contribution < -0.4 is 0 Å². The van der Waals surface area contributed by atoms with Crippen LogP contribution in [0.5, 0.6) is 0 Å². The first-order valence-electron chi connectivity index (χ1n) is 10.3. The van der Waals surface area contributed by atoms with E-state index in [0.717, 1.165) is 23.6 Å². The molecule has 0 saturated heterocycles. The van der Waals surface area contributed by atoms with Gasteiger partial charge in [-0.2, -0.15) is 4.31 Å². The number of benzene rings is 1. The third-order valence-corrected chi connectivity index (χ3v) is 7.85. The molecule has 9 heteroatoms. The summed E-state index contributed by atoms with van der Waals surface area (Å²) < 4.78 is 41.9. The van der Waals surface area contributed by atoms with Gasteiger partial charge in [0.05, 0.1) is 16.9 Å². The Morgan fingerprint density at radius 1 is 1.42 bits per heavy atom. The normalized spacial score (nSPS) is 20.6. The van der Waals surface area contributed by atoms with E-state index in [1.165, 1.54) is 30.4 Å². The maximum atomic E-state index is 14.0. The van der Waals surface area contributed by atoms with Crippen LogP contribution >= 0.6 is 0 Å². The van der Waals surface area contributed by atoms with Crippen LogP contribution in [-0.2, 0) is 16.6 Å². The standard InChI is InChI=1S/C22H27FN2O5S/c1-3-12-24(31(29,30)20-9-4-6-15(2)21(20)25(27)28)14-17-13-18(23)10-11-19(17)22(26)16-7-5-8-16/h3-4,9-11,13,15-16,22,26H,1,5-8,12,14H2,2H3. The maximum absolute atomic E-state index is 14.0. The predicted molar refractivity (Wildman–Crippen MR) is 115 cm³/mol. The van der Waals surface area contributed by atoms with Crippen molar-refractivity contribution in [2.24, 2.45) is 11.8 Å². The second-order valence-electron chi connectivity index (χ2n) is 8.11. The molecule has 0 spiro atoms. The molecule has 3 rings (SSSR count). The molecule has 1 N–H and O–H groups in total. The lowest BCUT2D eigenvalue weighted by Crippen LogP contribution is -2.34. The van der Waals surface area contributed by atoms with Crippen LogP contribution in [0.25, 0.3) is 0 Å². The minimum atomic E-state index is -4.27. The molecule has 0 radical (unpaired) electrons. The molecule has 0 aromatic heterocycles. The van der Waals surface area contributed by atoms with E-state index >= 15 is 0 Å². The predicted octanol–water partition coefficient (Wildman–Crippen LogP) is 4.06. The van der Waals surface area contributed by atoms with Gasteiger partial charge in [0.1, 0.15) is 5.82 Å². The molecule has 0 heterocycles. The number of nitro groups is 1. The van der Waals surface area contributed by atoms with E-state index in [1.54, 1.807) is 13.0 Å². The maximum Gasteiger partial charge on any atom is 0.269 e. The van der Waals surface area contributed by atoms with Gasteiger partial charge in [-0.3, -0.25) is 10.1 Å². The van der Waals surface area contributed by atoms with Crippen LogP contribution in [0, 0.1) is 27.8 Å². The molecule has 2 aliphatic carbocycles. The van der Waals surface area contributed by atoms with Crippen LogP contribution in [-0.4, -0.2) is 29.3 Å². The number of allylic oxidation sites excluding steroid dienone is 3. The quantitative estimate of drug-likeness (QED) is 0.347. The van der Waals surface area contributed by atoms with Crippen molar-refractivity contribution >= 4 is 10.0 Å². The second-order valence-corrected chi connectivity index (χ2v) is 10.0. The lowest BCUT2D eigenvalue weighted by molar-refractivity contribution is -0.433. The number of hydrogen-bond acceptors (Lipinski definition) is 5. The molecule has 168 valence electrons. The van der Waals surface area contributed by atoms with Gasteiger partial charge in [-0.1, -0.05) is 31.6 Å². The van der Waals surface area contributed by atoms with E-state index in [9.17, 15) is 28.0 Å². The average molecular weight is 451 g/mol. The minimum Gasteiger partial charge on any atom is -0.388 e. The summed E-state index contributed by atoms with van der Waals surface area (Å²) in [6.45, 7) is 4.85. The van der Waals surface area contributed by atoms with Gasteiger partial charge in [-0.15, -0.1) is 6.58 Å². The van der Waals surface area contributed by atoms with E-state index < -0.39 is 32.8 Å². The summed E-state index contributed by atoms with van der Waals surface area (Å²) >= 11 is 0. The van der Waals surface area contributed by atoms with Gasteiger partial charge in [0, 0.05) is 13.1 Å². The summed E-state index contributed by atoms with van der Waals surface area (Å²) in [5.41, 5.74) is 0.456. The molecule has 31 heavy (non-hydrogen) atoms. The van der Waals surface area contributed by atoms with Gasteiger partial charge in [0.15, 0.2) is 4.91 Å². The van der Waals surface area contributed by atoms with E-state index in [2.05, 4.69) is 6.58 Å². The first-order valence-corrected chi connectivity index (χ1v) is 11.7. The first kappa shape index (κ1) is 23.3. The highest BCUT2D eigenvalue weighted by Crippen LogP contribution is 2.39. The number of aliphatic hydroxyl groups is 1. The highest BCUT2D eigenvalue weighted by Gasteiger charge is 2.37. The summed E-state index contributed by atoms with van der Waals surface area (Å²) in [7, 11) is -4.27. The molecule has 1 fully saturated rings. The summed E-state index contributed by atoms with van der Waals surface area (Å²) in [6, 6.07) is 3.94. The Bertz CT molecular complexity index is 1030. The van der Waals surface area contributed by atoms with Gasteiger partial charge in [-0.05, 0) is 54.5 Å². The number of sulfonamides is 1. The molecule has 0 bridgehead atoms. The van der Waals surface area contributed by atoms with Crippen LogP contribution in [0.3, 0.4) is 0 Å². The molecule has 0 aliphatic heterocycles. The van der Waals surface area contributed by atoms with E-state index in [1.807, 2.05) is 0 Å². The van der Waals surface area contributed by atoms with Crippen molar-refractivity contribution < 1.29 is 22.8 Å². The van der Waals surface area contributed by atoms with Crippen LogP contribution in [0.15, 0.2) is 53.6 Å². The van der Waals surface area contributed by atoms with Crippen molar-refractivity contribution in [2.75, 3.05) is 6.54 Å². The summed E-state index contributed by atoms with van der Waals surface area (Å²) in [5, 5.41) is 22.3. The fourth-order valence-corrected chi connectivity index (χ4v) is 5.73. The summed E-state index contributed by atoms with van der Waals surface area (Å²) in [6.07, 6.45) is 6.52. The van der Waals surface area contributed by atoms with Gasteiger partial charge in [0.25, 0.3) is 5.70 Å². The fourth-order valence-electron chi connectivity index (χ4n) is 4.04. The number of nitrogens with zero attached hydrogens (tertiary/aromatic N) is 2. The van der Waals surface area contributed by atoms with E-state index in [-0.39, 0.29) is 29.6 Å². The topological polar surface area (TPSA) is 101 Å². The Morgan fingerprint density at radius 2 is 2.13 bits per heavy atom. The van der Waals surface area contributed by atoms with Crippen molar-refractivity contribution in [1.29, 1.82) is 0 Å². The number of rotatable bonds is 9. The molecule has 2 unspecified atom stereocenters. The highest BCUT2D eigenvalue weighted by molar-refractivity contribution is 7.93. The van der Waals surface area contributed by atoms with Gasteiger partial charge in [0.2, 0.25) is 10.0 Å². The smallest absolute Gasteiger partial charge is 0.269 e. The van der Waals surface area contributed by atoms with Gasteiger partial charge in [-0.25, -0.2) is 12.8 Å². The Kier molecular flexibility index (Phi) is 7.08. The monoisotopic (exact) mass is 450 g/mol. The number of halogens is 1. The van der Waals surface area contributed by atoms with Gasteiger partial charge < -0.3 is 5.11 Å². The Hall–Kier alpha value is -2.36. The zero-order chi connectivity index (χ0) is 22.8. The Balaban J connectivity index is 2.03. The number of aliphatic hydroxyl groups excluding tert-OH is 1. The minimum absolute atomic E-state index is 0.0552.